The van der Waals surface area contributed by atoms with Crippen LogP contribution in [0.5, 0.6) is 0 Å². The van der Waals surface area contributed by atoms with Gasteiger partial charge in [-0.2, -0.15) is 101 Å². The first-order valence-electron chi connectivity index (χ1n) is 8.06. The Hall–Kier alpha value is -2.26. The zero-order valence-electron chi connectivity index (χ0n) is 16.9. The van der Waals surface area contributed by atoms with Gasteiger partial charge in [-0.3, -0.25) is 19.0 Å². The first kappa shape index (κ1) is 37.7. The minimum Gasteiger partial charge on any atom is -0.364 e. The van der Waals surface area contributed by atoms with Crippen LogP contribution in [-0.4, -0.2) is 72.4 Å². The maximum atomic E-state index is 14.0. The molecule has 0 fully saturated rings. The predicted molar refractivity (Wildman–Crippen MR) is 68.0 cm³/mol. The van der Waals surface area contributed by atoms with Crippen molar-refractivity contribution in [2.75, 3.05) is 0 Å². The SMILES string of the molecule is NC(=O)[C@](F)(OC(F)(F)[C@](F)(OC(F)(F)[C@](F)(OC(F)(F)C(F)(F)C(F)(F)F)C(F)(F)F)C(F)(F)F)C(F)(F)F. The minimum absolute atomic E-state index is 0.993. The summed E-state index contributed by atoms with van der Waals surface area (Å²) in [6.07, 6.45) is -57.5. The number of hydrogen-bond donors (Lipinski definition) is 1. The van der Waals surface area contributed by atoms with Crippen LogP contribution in [0.2, 0.25) is 0 Å². The fourth-order valence-corrected chi connectivity index (χ4v) is 1.70. The van der Waals surface area contributed by atoms with Gasteiger partial charge in [-0.1, -0.05) is 0 Å². The molecule has 0 aromatic carbocycles. The third kappa shape index (κ3) is 6.01. The molecular weight excluding hydrogens is 659 g/mol. The van der Waals surface area contributed by atoms with Crippen LogP contribution < -0.4 is 5.73 Å². The molecule has 0 aromatic heterocycles. The van der Waals surface area contributed by atoms with Crippen molar-refractivity contribution >= 4 is 5.91 Å². The van der Waals surface area contributed by atoms with Gasteiger partial charge in [-0.05, 0) is 0 Å². The molecule has 0 unspecified atom stereocenters. The van der Waals surface area contributed by atoms with E-state index in [1.54, 1.807) is 0 Å². The smallest absolute Gasteiger partial charge is 0.364 e. The molecule has 0 saturated carbocycles. The molecule has 0 aliphatic rings. The molecule has 3 atom stereocenters. The van der Waals surface area contributed by atoms with Gasteiger partial charge in [0, 0.05) is 0 Å². The number of nitrogens with two attached hydrogens (primary N) is 1. The van der Waals surface area contributed by atoms with Gasteiger partial charge < -0.3 is 5.73 Å². The zero-order chi connectivity index (χ0) is 33.2. The van der Waals surface area contributed by atoms with Crippen LogP contribution in [0.4, 0.5) is 101 Å². The predicted octanol–water partition coefficient (Wildman–Crippen LogP) is 6.18. The fourth-order valence-electron chi connectivity index (χ4n) is 1.70. The van der Waals surface area contributed by atoms with E-state index in [2.05, 4.69) is 5.73 Å². The number of amides is 1. The van der Waals surface area contributed by atoms with Crippen molar-refractivity contribution in [2.24, 2.45) is 5.73 Å². The molecule has 0 rings (SSSR count). The minimum atomic E-state index is -8.74. The third-order valence-electron chi connectivity index (χ3n) is 3.69. The molecule has 0 radical (unpaired) electrons. The lowest BCUT2D eigenvalue weighted by atomic mass is 10.2. The average molecular weight is 661 g/mol. The molecular formula is C12H2F23NO4. The molecule has 5 nitrogen and oxygen atoms in total. The lowest BCUT2D eigenvalue weighted by Crippen LogP contribution is -2.71. The van der Waals surface area contributed by atoms with Crippen LogP contribution in [0, 0.1) is 0 Å². The highest BCUT2D eigenvalue weighted by Crippen LogP contribution is 2.59. The molecule has 0 spiro atoms. The first-order chi connectivity index (χ1) is 16.8. The van der Waals surface area contributed by atoms with E-state index in [1.807, 2.05) is 0 Å². The van der Waals surface area contributed by atoms with E-state index < -0.39 is 72.4 Å². The highest BCUT2D eigenvalue weighted by Gasteiger charge is 2.88. The molecule has 1 amide bonds. The van der Waals surface area contributed by atoms with Crippen LogP contribution in [0.15, 0.2) is 0 Å². The Morgan fingerprint density at radius 1 is 0.400 bits per heavy atom. The molecule has 240 valence electrons. The summed E-state index contributed by atoms with van der Waals surface area (Å²) in [6.45, 7) is 0. The lowest BCUT2D eigenvalue weighted by Gasteiger charge is -2.42. The monoisotopic (exact) mass is 661 g/mol. The van der Waals surface area contributed by atoms with Gasteiger partial charge in [-0.15, -0.1) is 0 Å². The fraction of sp³-hybridized carbons (Fsp3) is 0.917. The Kier molecular flexibility index (Phi) is 9.10. The average Bonchev–Trinajstić information content (AvgIpc) is 2.62. The topological polar surface area (TPSA) is 70.8 Å². The van der Waals surface area contributed by atoms with E-state index in [9.17, 15) is 106 Å². The van der Waals surface area contributed by atoms with Crippen LogP contribution in [0.1, 0.15) is 0 Å². The van der Waals surface area contributed by atoms with Crippen LogP contribution in [-0.2, 0) is 19.0 Å². The second kappa shape index (κ2) is 9.65. The van der Waals surface area contributed by atoms with E-state index in [0.717, 1.165) is 9.47 Å². The third-order valence-corrected chi connectivity index (χ3v) is 3.69. The number of halogens is 23. The van der Waals surface area contributed by atoms with Crippen LogP contribution in [0.3, 0.4) is 0 Å². The Morgan fingerprint density at radius 2 is 0.675 bits per heavy atom. The highest BCUT2D eigenvalue weighted by atomic mass is 19.4. The Bertz CT molecular complexity index is 934. The van der Waals surface area contributed by atoms with Crippen molar-refractivity contribution in [1.29, 1.82) is 0 Å². The summed E-state index contributed by atoms with van der Waals surface area (Å²) in [5, 5.41) is 0. The summed E-state index contributed by atoms with van der Waals surface area (Å²) in [5.74, 6) is -36.6. The molecule has 0 heterocycles. The quantitative estimate of drug-likeness (QED) is 0.284. The van der Waals surface area contributed by atoms with Crippen molar-refractivity contribution in [3.8, 4) is 0 Å². The molecule has 40 heavy (non-hydrogen) atoms. The number of ether oxygens (including phenoxy) is 3. The first-order valence-corrected chi connectivity index (χ1v) is 8.06. The number of primary amides is 1. The molecule has 0 aliphatic carbocycles. The molecule has 2 N–H and O–H groups in total. The molecule has 0 bridgehead atoms. The maximum Gasteiger partial charge on any atom is 0.462 e. The van der Waals surface area contributed by atoms with Gasteiger partial charge in [0.05, 0.1) is 0 Å². The normalized spacial score (nSPS) is 20.0. The Labute approximate surface area is 199 Å². The summed E-state index contributed by atoms with van der Waals surface area (Å²) in [4.78, 5) is 10.4. The second-order valence-corrected chi connectivity index (χ2v) is 6.57. The number of carbonyl (C=O) groups is 1. The summed E-state index contributed by atoms with van der Waals surface area (Å²) in [5.41, 5.74) is 3.56. The number of hydrogen-bond acceptors (Lipinski definition) is 4. The zero-order valence-corrected chi connectivity index (χ0v) is 16.9. The van der Waals surface area contributed by atoms with Crippen molar-refractivity contribution < 1.29 is 120 Å². The standard InChI is InChI=1S/C12H2F23NO4/c13-2(1(36)37,6(18,19)20)38-11(32,33)4(16,8(24,25)26)40-12(34,35)5(17,9(27,28)29)39-10(30,31)3(14,15)7(21,22)23/h(H2,36,37)/t2-,4+,5+/m0/s1. The molecule has 0 aromatic rings. The number of carbonyl (C=O) groups excluding carboxylic acids is 1. The van der Waals surface area contributed by atoms with Crippen molar-refractivity contribution in [3.63, 3.8) is 0 Å². The van der Waals surface area contributed by atoms with Crippen molar-refractivity contribution in [3.05, 3.63) is 0 Å². The Morgan fingerprint density at radius 3 is 0.900 bits per heavy atom. The summed E-state index contributed by atoms with van der Waals surface area (Å²) in [6, 6.07) is 0. The van der Waals surface area contributed by atoms with E-state index in [4.69, 9.17) is 0 Å². The highest BCUT2D eigenvalue weighted by molar-refractivity contribution is 5.82. The summed E-state index contributed by atoms with van der Waals surface area (Å²) >= 11 is 0. The Balaban J connectivity index is 7.24. The van der Waals surface area contributed by atoms with E-state index in [0.29, 0.717) is 0 Å². The molecule has 0 saturated heterocycles. The number of alkyl halides is 23. The molecule has 28 heteroatoms. The van der Waals surface area contributed by atoms with Crippen LogP contribution in [0.25, 0.3) is 0 Å². The van der Waals surface area contributed by atoms with Crippen LogP contribution >= 0.6 is 0 Å². The van der Waals surface area contributed by atoms with Gasteiger partial charge >= 0.3 is 66.5 Å². The van der Waals surface area contributed by atoms with Gasteiger partial charge in [0.2, 0.25) is 0 Å². The summed E-state index contributed by atoms with van der Waals surface area (Å²) in [7, 11) is 0. The van der Waals surface area contributed by atoms with Gasteiger partial charge in [-0.25, -0.2) is 0 Å². The van der Waals surface area contributed by atoms with E-state index in [1.165, 1.54) is 4.74 Å². The largest absolute Gasteiger partial charge is 0.462 e. The second-order valence-electron chi connectivity index (χ2n) is 6.57. The van der Waals surface area contributed by atoms with Crippen molar-refractivity contribution in [1.82, 2.24) is 0 Å². The molecule has 0 aliphatic heterocycles. The van der Waals surface area contributed by atoms with Gasteiger partial charge in [0.25, 0.3) is 5.91 Å². The maximum absolute atomic E-state index is 14.0. The van der Waals surface area contributed by atoms with E-state index in [-0.39, 0.29) is 0 Å². The van der Waals surface area contributed by atoms with Gasteiger partial charge in [0.1, 0.15) is 0 Å². The number of rotatable bonds is 10. The van der Waals surface area contributed by atoms with E-state index >= 15 is 0 Å². The summed E-state index contributed by atoms with van der Waals surface area (Å²) < 4.78 is 301. The van der Waals surface area contributed by atoms with Gasteiger partial charge in [0.15, 0.2) is 0 Å². The van der Waals surface area contributed by atoms with Crippen molar-refractivity contribution in [2.45, 2.75) is 66.5 Å². The lowest BCUT2D eigenvalue weighted by molar-refractivity contribution is -0.577.